The van der Waals surface area contributed by atoms with Gasteiger partial charge in [0.05, 0.1) is 6.61 Å². The van der Waals surface area contributed by atoms with Gasteiger partial charge in [-0.3, -0.25) is 9.59 Å². The van der Waals surface area contributed by atoms with Gasteiger partial charge in [-0.1, -0.05) is 335 Å². The zero-order valence-electron chi connectivity index (χ0n) is 52.8. The van der Waals surface area contributed by atoms with Crippen molar-refractivity contribution in [1.29, 1.82) is 0 Å². The Bertz CT molecular complexity index is 1540. The largest absolute Gasteiger partial charge is 0.462 e. The molecular weight excluding hydrogens is 981 g/mol. The monoisotopic (exact) mass is 1110 g/mol. The number of ether oxygens (including phenoxy) is 2. The molecule has 0 spiro atoms. The highest BCUT2D eigenvalue weighted by atomic mass is 16.6. The van der Waals surface area contributed by atoms with E-state index in [1.807, 2.05) is 0 Å². The Labute approximate surface area is 497 Å². The maximum absolute atomic E-state index is 12.4. The van der Waals surface area contributed by atoms with E-state index in [4.69, 9.17) is 9.47 Å². The molecule has 80 heavy (non-hydrogen) atoms. The van der Waals surface area contributed by atoms with Crippen LogP contribution in [-0.4, -0.2) is 36.4 Å². The first kappa shape index (κ1) is 76.6. The number of aliphatic hydroxyl groups excluding tert-OH is 1. The van der Waals surface area contributed by atoms with Crippen LogP contribution in [0, 0.1) is 0 Å². The summed E-state index contributed by atoms with van der Waals surface area (Å²) in [7, 11) is 0. The quantitative estimate of drug-likeness (QED) is 0.0373. The zero-order chi connectivity index (χ0) is 57.6. The molecule has 0 bridgehead atoms. The number of allylic oxidation sites excluding steroid dienone is 18. The fraction of sp³-hybridized carbons (Fsp3) is 0.733. The summed E-state index contributed by atoms with van der Waals surface area (Å²) in [6, 6.07) is 0. The SMILES string of the molecule is CC/C=C\C/C=C\C/C=C\C/C=C\C/C=C\CCCCCCCCCCCCCCCCCCCCCCCCCCCC(=O)OC(CO)COC(=O)CCCCCCCCCCCCCC/C=C\C/C=C\C/C=C\C/C=C\CC. The van der Waals surface area contributed by atoms with Crippen molar-refractivity contribution in [2.75, 3.05) is 13.2 Å². The Morgan fingerprint density at radius 3 is 0.750 bits per heavy atom. The minimum atomic E-state index is -0.777. The van der Waals surface area contributed by atoms with Gasteiger partial charge in [0.25, 0.3) is 0 Å². The van der Waals surface area contributed by atoms with Crippen LogP contribution < -0.4 is 0 Å². The Kier molecular flexibility index (Phi) is 66.8. The van der Waals surface area contributed by atoms with E-state index in [2.05, 4.69) is 123 Å². The van der Waals surface area contributed by atoms with Gasteiger partial charge in [0.1, 0.15) is 6.61 Å². The van der Waals surface area contributed by atoms with Crippen LogP contribution in [0.1, 0.15) is 335 Å². The van der Waals surface area contributed by atoms with Crippen molar-refractivity contribution < 1.29 is 24.2 Å². The van der Waals surface area contributed by atoms with Gasteiger partial charge in [-0.25, -0.2) is 0 Å². The first-order chi connectivity index (χ1) is 39.6. The van der Waals surface area contributed by atoms with Crippen molar-refractivity contribution in [3.8, 4) is 0 Å². The van der Waals surface area contributed by atoms with E-state index in [1.165, 1.54) is 212 Å². The number of rotatable bonds is 63. The van der Waals surface area contributed by atoms with Crippen molar-refractivity contribution in [2.24, 2.45) is 0 Å². The van der Waals surface area contributed by atoms with Crippen molar-refractivity contribution in [1.82, 2.24) is 0 Å². The zero-order valence-corrected chi connectivity index (χ0v) is 52.8. The van der Waals surface area contributed by atoms with Gasteiger partial charge in [-0.2, -0.15) is 0 Å². The Morgan fingerprint density at radius 2 is 0.500 bits per heavy atom. The lowest BCUT2D eigenvalue weighted by atomic mass is 10.0. The van der Waals surface area contributed by atoms with Gasteiger partial charge in [0.2, 0.25) is 0 Å². The van der Waals surface area contributed by atoms with Gasteiger partial charge < -0.3 is 14.6 Å². The van der Waals surface area contributed by atoms with Crippen LogP contribution in [0.4, 0.5) is 0 Å². The number of hydrogen-bond donors (Lipinski definition) is 1. The van der Waals surface area contributed by atoms with Gasteiger partial charge in [0, 0.05) is 12.8 Å². The highest BCUT2D eigenvalue weighted by molar-refractivity contribution is 5.70. The normalized spacial score (nSPS) is 12.9. The maximum atomic E-state index is 12.4. The molecule has 1 unspecified atom stereocenters. The highest BCUT2D eigenvalue weighted by Gasteiger charge is 2.16. The average molecular weight is 1110 g/mol. The first-order valence-corrected chi connectivity index (χ1v) is 34.4. The summed E-state index contributed by atoms with van der Waals surface area (Å²) in [4.78, 5) is 24.6. The highest BCUT2D eigenvalue weighted by Crippen LogP contribution is 2.18. The first-order valence-electron chi connectivity index (χ1n) is 34.4. The Morgan fingerprint density at radius 1 is 0.287 bits per heavy atom. The van der Waals surface area contributed by atoms with Crippen LogP contribution in [0.25, 0.3) is 0 Å². The van der Waals surface area contributed by atoms with Gasteiger partial charge >= 0.3 is 11.9 Å². The predicted molar refractivity (Wildman–Crippen MR) is 352 cm³/mol. The molecule has 5 nitrogen and oxygen atoms in total. The van der Waals surface area contributed by atoms with Gasteiger partial charge in [-0.05, 0) is 96.3 Å². The van der Waals surface area contributed by atoms with Crippen molar-refractivity contribution >= 4 is 11.9 Å². The van der Waals surface area contributed by atoms with Crippen LogP contribution >= 0.6 is 0 Å². The van der Waals surface area contributed by atoms with E-state index in [9.17, 15) is 14.7 Å². The number of unbranched alkanes of at least 4 members (excludes halogenated alkanes) is 37. The van der Waals surface area contributed by atoms with Gasteiger partial charge in [0.15, 0.2) is 6.10 Å². The molecule has 0 aromatic heterocycles. The molecule has 0 aliphatic rings. The lowest BCUT2D eigenvalue weighted by Gasteiger charge is -2.15. The summed E-state index contributed by atoms with van der Waals surface area (Å²) in [5, 5.41) is 9.70. The van der Waals surface area contributed by atoms with E-state index in [0.29, 0.717) is 12.8 Å². The number of carbonyl (C=O) groups excluding carboxylic acids is 2. The smallest absolute Gasteiger partial charge is 0.306 e. The molecule has 1 N–H and O–H groups in total. The predicted octanol–water partition coefficient (Wildman–Crippen LogP) is 24.0. The molecule has 0 fully saturated rings. The minimum absolute atomic E-state index is 0.0669. The standard InChI is InChI=1S/C75H130O5/c1-3-5-7-9-11-13-15-17-19-21-23-25-27-29-30-31-32-33-34-35-36-37-38-39-40-41-42-43-44-46-48-50-52-54-56-58-60-62-64-66-68-70-75(78)80-73(71-76)72-79-74(77)69-67-65-63-61-59-57-55-53-51-49-47-45-28-26-24-22-20-18-16-14-12-10-8-6-4-2/h5-8,11-14,17-20,23-26,29-30,73,76H,3-4,9-10,15-16,21-22,27-28,31-72H2,1-2H3/b7-5-,8-6-,13-11-,14-12-,19-17-,20-18-,25-23-,26-24-,30-29-. The lowest BCUT2D eigenvalue weighted by molar-refractivity contribution is -0.161. The molecule has 0 rings (SSSR count). The molecule has 0 radical (unpaired) electrons. The van der Waals surface area contributed by atoms with E-state index < -0.39 is 6.10 Å². The van der Waals surface area contributed by atoms with Crippen LogP contribution in [0.3, 0.4) is 0 Å². The molecule has 1 atom stereocenters. The molecule has 0 heterocycles. The fourth-order valence-corrected chi connectivity index (χ4v) is 9.99. The number of carbonyl (C=O) groups is 2. The molecule has 0 aromatic rings. The second-order valence-electron chi connectivity index (χ2n) is 22.8. The van der Waals surface area contributed by atoms with E-state index >= 15 is 0 Å². The minimum Gasteiger partial charge on any atom is -0.462 e. The van der Waals surface area contributed by atoms with Crippen molar-refractivity contribution in [3.63, 3.8) is 0 Å². The summed E-state index contributed by atoms with van der Waals surface area (Å²) < 4.78 is 10.8. The molecule has 460 valence electrons. The average Bonchev–Trinajstić information content (AvgIpc) is 3.46. The third-order valence-corrected chi connectivity index (χ3v) is 15.1. The Hall–Kier alpha value is -3.44. The van der Waals surface area contributed by atoms with Crippen LogP contribution in [0.2, 0.25) is 0 Å². The number of hydrogen-bond acceptors (Lipinski definition) is 5. The summed E-state index contributed by atoms with van der Waals surface area (Å²) >= 11 is 0. The lowest BCUT2D eigenvalue weighted by Crippen LogP contribution is -2.28. The second kappa shape index (κ2) is 69.8. The molecular formula is C75H130O5. The van der Waals surface area contributed by atoms with Crippen molar-refractivity contribution in [2.45, 2.75) is 341 Å². The van der Waals surface area contributed by atoms with Crippen LogP contribution in [0.15, 0.2) is 109 Å². The summed E-state index contributed by atoms with van der Waals surface area (Å²) in [5.41, 5.74) is 0. The topological polar surface area (TPSA) is 72.8 Å². The second-order valence-corrected chi connectivity index (χ2v) is 22.8. The third kappa shape index (κ3) is 67.1. The summed E-state index contributed by atoms with van der Waals surface area (Å²) in [5.74, 6) is -0.581. The molecule has 0 aliphatic heterocycles. The summed E-state index contributed by atoms with van der Waals surface area (Å²) in [6.07, 6.45) is 101. The Balaban J connectivity index is 3.42. The fourth-order valence-electron chi connectivity index (χ4n) is 9.99. The number of aliphatic hydroxyl groups is 1. The molecule has 0 aromatic carbocycles. The molecule has 5 heteroatoms. The van der Waals surface area contributed by atoms with E-state index in [0.717, 1.165) is 96.3 Å². The summed E-state index contributed by atoms with van der Waals surface area (Å²) in [6.45, 7) is 3.94. The molecule has 0 aliphatic carbocycles. The van der Waals surface area contributed by atoms with E-state index in [-0.39, 0.29) is 25.2 Å². The molecule has 0 saturated carbocycles. The van der Waals surface area contributed by atoms with Crippen molar-refractivity contribution in [3.05, 3.63) is 109 Å². The third-order valence-electron chi connectivity index (χ3n) is 15.1. The van der Waals surface area contributed by atoms with Gasteiger partial charge in [-0.15, -0.1) is 0 Å². The maximum Gasteiger partial charge on any atom is 0.306 e. The van der Waals surface area contributed by atoms with E-state index in [1.54, 1.807) is 0 Å². The molecule has 0 saturated heterocycles. The molecule has 0 amide bonds. The number of esters is 2. The van der Waals surface area contributed by atoms with Crippen LogP contribution in [0.5, 0.6) is 0 Å². The van der Waals surface area contributed by atoms with Crippen LogP contribution in [-0.2, 0) is 19.1 Å².